The van der Waals surface area contributed by atoms with E-state index in [1.807, 2.05) is 0 Å². The van der Waals surface area contributed by atoms with Crippen molar-refractivity contribution in [2.24, 2.45) is 0 Å². The second-order valence-electron chi connectivity index (χ2n) is 6.40. The minimum absolute atomic E-state index is 0.259. The van der Waals surface area contributed by atoms with Gasteiger partial charge in [-0.1, -0.05) is 24.3 Å². The van der Waals surface area contributed by atoms with Crippen LogP contribution in [0.5, 0.6) is 0 Å². The Labute approximate surface area is 152 Å². The first-order chi connectivity index (χ1) is 12.7. The van der Waals surface area contributed by atoms with Gasteiger partial charge in [0.25, 0.3) is 0 Å². The van der Waals surface area contributed by atoms with Crippen molar-refractivity contribution in [1.82, 2.24) is 10.6 Å². The molecule has 3 rings (SSSR count). The molecule has 1 saturated heterocycles. The second-order valence-corrected chi connectivity index (χ2v) is 6.40. The van der Waals surface area contributed by atoms with E-state index in [2.05, 4.69) is 10.6 Å². The molecule has 1 heterocycles. The molecule has 2 aromatic carbocycles. The fraction of sp³-hybridized carbons (Fsp3) is 0.400. The molecular formula is C20H24F2N2O2. The summed E-state index contributed by atoms with van der Waals surface area (Å²) in [6.45, 7) is 3.40. The first kappa shape index (κ1) is 18.9. The Kier molecular flexibility index (Phi) is 7.08. The Morgan fingerprint density at radius 2 is 1.38 bits per heavy atom. The van der Waals surface area contributed by atoms with Gasteiger partial charge in [0.2, 0.25) is 0 Å². The van der Waals surface area contributed by atoms with Gasteiger partial charge in [0.05, 0.1) is 13.2 Å². The van der Waals surface area contributed by atoms with Gasteiger partial charge in [-0.2, -0.15) is 0 Å². The number of nitrogens with one attached hydrogen (secondary N) is 2. The van der Waals surface area contributed by atoms with Crippen LogP contribution in [0.3, 0.4) is 0 Å². The molecule has 26 heavy (non-hydrogen) atoms. The predicted octanol–water partition coefficient (Wildman–Crippen LogP) is 2.98. The van der Waals surface area contributed by atoms with E-state index >= 15 is 0 Å². The highest BCUT2D eigenvalue weighted by atomic mass is 19.1. The zero-order valence-electron chi connectivity index (χ0n) is 14.6. The Balaban J connectivity index is 1.56. The molecule has 0 saturated carbocycles. The normalized spacial score (nSPS) is 17.6. The summed E-state index contributed by atoms with van der Waals surface area (Å²) in [7, 11) is 0. The fourth-order valence-electron chi connectivity index (χ4n) is 2.84. The van der Waals surface area contributed by atoms with E-state index in [1.165, 1.54) is 24.3 Å². The summed E-state index contributed by atoms with van der Waals surface area (Å²) in [5.74, 6) is -0.536. The number of rotatable bonds is 8. The lowest BCUT2D eigenvalue weighted by Gasteiger charge is -2.28. The molecule has 0 aliphatic carbocycles. The van der Waals surface area contributed by atoms with E-state index in [1.54, 1.807) is 24.3 Å². The summed E-state index contributed by atoms with van der Waals surface area (Å²) >= 11 is 0. The lowest BCUT2D eigenvalue weighted by Crippen LogP contribution is -2.49. The number of benzene rings is 2. The lowest BCUT2D eigenvalue weighted by atomic mass is 10.1. The minimum atomic E-state index is -0.414. The third-order valence-corrected chi connectivity index (χ3v) is 4.30. The molecule has 0 aromatic heterocycles. The van der Waals surface area contributed by atoms with Gasteiger partial charge in [0.1, 0.15) is 11.6 Å². The highest BCUT2D eigenvalue weighted by molar-refractivity contribution is 5.15. The molecule has 0 spiro atoms. The smallest absolute Gasteiger partial charge is 0.160 e. The van der Waals surface area contributed by atoms with E-state index in [0.29, 0.717) is 19.6 Å². The molecule has 4 nitrogen and oxygen atoms in total. The Bertz CT molecular complexity index is 609. The van der Waals surface area contributed by atoms with Gasteiger partial charge in [-0.15, -0.1) is 0 Å². The maximum Gasteiger partial charge on any atom is 0.160 e. The fourth-order valence-corrected chi connectivity index (χ4v) is 2.84. The molecule has 1 aliphatic heterocycles. The van der Waals surface area contributed by atoms with Crippen LogP contribution in [0.25, 0.3) is 0 Å². The van der Waals surface area contributed by atoms with Gasteiger partial charge in [0.15, 0.2) is 6.29 Å². The number of halogens is 2. The van der Waals surface area contributed by atoms with Crippen LogP contribution >= 0.6 is 0 Å². The van der Waals surface area contributed by atoms with Crippen LogP contribution in [-0.2, 0) is 22.7 Å². The predicted molar refractivity (Wildman–Crippen MR) is 95.4 cm³/mol. The first-order valence-electron chi connectivity index (χ1n) is 8.85. The topological polar surface area (TPSA) is 42.5 Å². The average Bonchev–Trinajstić information content (AvgIpc) is 2.67. The zero-order valence-corrected chi connectivity index (χ0v) is 14.6. The molecule has 2 N–H and O–H groups in total. The summed E-state index contributed by atoms with van der Waals surface area (Å²) in [4.78, 5) is 0. The van der Waals surface area contributed by atoms with Gasteiger partial charge in [0, 0.05) is 32.1 Å². The standard InChI is InChI=1S/C20H24F2N2O2/c21-17-5-1-15(2-6-17)13-25-20(11-19-12-23-9-10-24-19)26-14-16-3-7-18(22)8-4-16/h1-8,19-20,23-24H,9-14H2. The number of hydrogen-bond acceptors (Lipinski definition) is 4. The molecule has 1 aliphatic rings. The van der Waals surface area contributed by atoms with Gasteiger partial charge >= 0.3 is 0 Å². The number of piperazine rings is 1. The summed E-state index contributed by atoms with van der Waals surface area (Å²) in [5.41, 5.74) is 1.77. The molecule has 1 atom stereocenters. The SMILES string of the molecule is Fc1ccc(COC(CC2CNCCN2)OCc2ccc(F)cc2)cc1. The molecule has 140 valence electrons. The van der Waals surface area contributed by atoms with E-state index in [4.69, 9.17) is 9.47 Å². The van der Waals surface area contributed by atoms with Crippen LogP contribution in [0.15, 0.2) is 48.5 Å². The van der Waals surface area contributed by atoms with Crippen molar-refractivity contribution in [3.05, 3.63) is 71.3 Å². The van der Waals surface area contributed by atoms with Crippen molar-refractivity contribution >= 4 is 0 Å². The largest absolute Gasteiger partial charge is 0.348 e. The van der Waals surface area contributed by atoms with E-state index in [0.717, 1.165) is 30.8 Å². The third kappa shape index (κ3) is 6.14. The second kappa shape index (κ2) is 9.73. The van der Waals surface area contributed by atoms with Crippen LogP contribution in [0.4, 0.5) is 8.78 Å². The van der Waals surface area contributed by atoms with Crippen LogP contribution < -0.4 is 10.6 Å². The van der Waals surface area contributed by atoms with Crippen molar-refractivity contribution < 1.29 is 18.3 Å². The molecule has 0 bridgehead atoms. The molecular weight excluding hydrogens is 338 g/mol. The van der Waals surface area contributed by atoms with Crippen LogP contribution in [-0.4, -0.2) is 32.0 Å². The number of hydrogen-bond donors (Lipinski definition) is 2. The average molecular weight is 362 g/mol. The van der Waals surface area contributed by atoms with Crippen molar-refractivity contribution in [2.75, 3.05) is 19.6 Å². The molecule has 6 heteroatoms. The highest BCUT2D eigenvalue weighted by Gasteiger charge is 2.19. The molecule has 2 aromatic rings. The molecule has 1 fully saturated rings. The van der Waals surface area contributed by atoms with E-state index in [-0.39, 0.29) is 17.7 Å². The summed E-state index contributed by atoms with van der Waals surface area (Å²) in [6, 6.07) is 12.7. The molecule has 1 unspecified atom stereocenters. The van der Waals surface area contributed by atoms with Crippen LogP contribution in [0.1, 0.15) is 17.5 Å². The third-order valence-electron chi connectivity index (χ3n) is 4.30. The van der Waals surface area contributed by atoms with Crippen LogP contribution in [0.2, 0.25) is 0 Å². The van der Waals surface area contributed by atoms with Gasteiger partial charge in [-0.3, -0.25) is 0 Å². The Morgan fingerprint density at radius 1 is 0.846 bits per heavy atom. The Morgan fingerprint density at radius 3 is 1.85 bits per heavy atom. The van der Waals surface area contributed by atoms with Gasteiger partial charge < -0.3 is 20.1 Å². The summed E-state index contributed by atoms with van der Waals surface area (Å²) < 4.78 is 37.9. The quantitative estimate of drug-likeness (QED) is 0.709. The maximum atomic E-state index is 13.0. The highest BCUT2D eigenvalue weighted by Crippen LogP contribution is 2.14. The zero-order chi connectivity index (χ0) is 18.2. The van der Waals surface area contributed by atoms with Crippen molar-refractivity contribution in [3.8, 4) is 0 Å². The first-order valence-corrected chi connectivity index (χ1v) is 8.85. The van der Waals surface area contributed by atoms with Crippen LogP contribution in [0, 0.1) is 11.6 Å². The molecule has 0 amide bonds. The lowest BCUT2D eigenvalue weighted by molar-refractivity contribution is -0.163. The van der Waals surface area contributed by atoms with Crippen molar-refractivity contribution in [3.63, 3.8) is 0 Å². The van der Waals surface area contributed by atoms with Gasteiger partial charge in [-0.25, -0.2) is 8.78 Å². The minimum Gasteiger partial charge on any atom is -0.348 e. The number of ether oxygens (including phenoxy) is 2. The Hall–Kier alpha value is -1.86. The van der Waals surface area contributed by atoms with E-state index < -0.39 is 6.29 Å². The van der Waals surface area contributed by atoms with E-state index in [9.17, 15) is 8.78 Å². The summed E-state index contributed by atoms with van der Waals surface area (Å²) in [5, 5.41) is 6.78. The van der Waals surface area contributed by atoms with Crippen molar-refractivity contribution in [1.29, 1.82) is 0 Å². The summed E-state index contributed by atoms with van der Waals surface area (Å²) in [6.07, 6.45) is 0.276. The van der Waals surface area contributed by atoms with Crippen molar-refractivity contribution in [2.45, 2.75) is 32.0 Å². The monoisotopic (exact) mass is 362 g/mol. The molecule has 0 radical (unpaired) electrons. The maximum absolute atomic E-state index is 13.0. The van der Waals surface area contributed by atoms with Gasteiger partial charge in [-0.05, 0) is 35.4 Å².